The lowest BCUT2D eigenvalue weighted by atomic mass is 10.2. The smallest absolute Gasteiger partial charge is 0.268 e. The fourth-order valence-electron chi connectivity index (χ4n) is 3.16. The Balaban J connectivity index is 1.68. The van der Waals surface area contributed by atoms with Crippen molar-refractivity contribution in [1.82, 2.24) is 19.3 Å². The number of amides is 1. The Kier molecular flexibility index (Phi) is 4.18. The van der Waals surface area contributed by atoms with Crippen molar-refractivity contribution in [2.24, 2.45) is 5.73 Å². The lowest BCUT2D eigenvalue weighted by Crippen LogP contribution is -2.44. The maximum atomic E-state index is 11.4. The van der Waals surface area contributed by atoms with Crippen molar-refractivity contribution in [3.63, 3.8) is 0 Å². The molecule has 134 valence electrons. The van der Waals surface area contributed by atoms with Gasteiger partial charge in [0, 0.05) is 44.8 Å². The molecule has 0 unspecified atom stereocenters. The minimum absolute atomic E-state index is 0.216. The van der Waals surface area contributed by atoms with E-state index in [1.54, 1.807) is 23.0 Å². The zero-order valence-corrected chi connectivity index (χ0v) is 14.6. The first-order valence-corrected chi connectivity index (χ1v) is 8.55. The number of hydrogen-bond donors (Lipinski definition) is 2. The Morgan fingerprint density at radius 2 is 1.96 bits per heavy atom. The monoisotopic (exact) mass is 351 g/mol. The number of hydrogen-bond acceptors (Lipinski definition) is 6. The van der Waals surface area contributed by atoms with Gasteiger partial charge in [0.1, 0.15) is 5.69 Å². The molecule has 0 bridgehead atoms. The highest BCUT2D eigenvalue weighted by atomic mass is 16.1. The molecular formula is C18H21N7O. The SMILES string of the molecule is CN1CCN(c2ccccc2Nc2nccn3cc(C(N)=O)nc23)CC1. The van der Waals surface area contributed by atoms with Gasteiger partial charge in [0.2, 0.25) is 0 Å². The van der Waals surface area contributed by atoms with Gasteiger partial charge in [-0.15, -0.1) is 0 Å². The first kappa shape index (κ1) is 16.3. The summed E-state index contributed by atoms with van der Waals surface area (Å²) in [6.07, 6.45) is 5.02. The topological polar surface area (TPSA) is 91.8 Å². The van der Waals surface area contributed by atoms with Crippen LogP contribution in [0.25, 0.3) is 5.65 Å². The van der Waals surface area contributed by atoms with Gasteiger partial charge < -0.3 is 25.3 Å². The zero-order chi connectivity index (χ0) is 18.1. The predicted molar refractivity (Wildman–Crippen MR) is 101 cm³/mol. The van der Waals surface area contributed by atoms with E-state index in [1.165, 1.54) is 0 Å². The number of nitrogens with one attached hydrogen (secondary N) is 1. The number of primary amides is 1. The quantitative estimate of drug-likeness (QED) is 0.737. The van der Waals surface area contributed by atoms with Crippen LogP contribution < -0.4 is 16.0 Å². The van der Waals surface area contributed by atoms with Crippen LogP contribution in [0.1, 0.15) is 10.5 Å². The molecule has 2 aromatic heterocycles. The summed E-state index contributed by atoms with van der Waals surface area (Å²) in [7, 11) is 2.14. The second-order valence-electron chi connectivity index (χ2n) is 6.43. The second kappa shape index (κ2) is 6.64. The molecular weight excluding hydrogens is 330 g/mol. The van der Waals surface area contributed by atoms with E-state index in [0.717, 1.165) is 37.6 Å². The Bertz CT molecular complexity index is 944. The Hall–Kier alpha value is -3.13. The number of nitrogens with two attached hydrogens (primary N) is 1. The number of benzene rings is 1. The maximum Gasteiger partial charge on any atom is 0.268 e. The minimum Gasteiger partial charge on any atom is -0.367 e. The standard InChI is InChI=1S/C18H21N7O/c1-23-8-10-24(11-9-23)15-5-3-2-4-13(15)21-17-18-22-14(16(19)26)12-25(18)7-6-20-17/h2-7,12H,8-11H2,1H3,(H2,19,26)(H,20,21). The van der Waals surface area contributed by atoms with E-state index < -0.39 is 5.91 Å². The molecule has 8 heteroatoms. The number of rotatable bonds is 4. The fraction of sp³-hybridized carbons (Fsp3) is 0.278. The number of piperazine rings is 1. The van der Waals surface area contributed by atoms with E-state index in [9.17, 15) is 4.79 Å². The Labute approximate surface area is 151 Å². The Morgan fingerprint density at radius 3 is 2.73 bits per heavy atom. The van der Waals surface area contributed by atoms with Gasteiger partial charge in [0.25, 0.3) is 5.91 Å². The highest BCUT2D eigenvalue weighted by Crippen LogP contribution is 2.29. The molecule has 4 rings (SSSR count). The van der Waals surface area contributed by atoms with Gasteiger partial charge in [-0.05, 0) is 19.2 Å². The van der Waals surface area contributed by atoms with Gasteiger partial charge in [-0.25, -0.2) is 9.97 Å². The lowest BCUT2D eigenvalue weighted by Gasteiger charge is -2.35. The van der Waals surface area contributed by atoms with E-state index in [1.807, 2.05) is 18.2 Å². The van der Waals surface area contributed by atoms with Crippen LogP contribution in [0.5, 0.6) is 0 Å². The molecule has 3 N–H and O–H groups in total. The highest BCUT2D eigenvalue weighted by Gasteiger charge is 2.18. The van der Waals surface area contributed by atoms with Crippen LogP contribution in [0, 0.1) is 0 Å². The summed E-state index contributed by atoms with van der Waals surface area (Å²) in [6, 6.07) is 8.15. The van der Waals surface area contributed by atoms with Gasteiger partial charge in [-0.1, -0.05) is 12.1 Å². The van der Waals surface area contributed by atoms with Crippen LogP contribution in [0.3, 0.4) is 0 Å². The van der Waals surface area contributed by atoms with Crippen LogP contribution in [0.4, 0.5) is 17.2 Å². The predicted octanol–water partition coefficient (Wildman–Crippen LogP) is 1.32. The van der Waals surface area contributed by atoms with Crippen molar-refractivity contribution < 1.29 is 4.79 Å². The number of fused-ring (bicyclic) bond motifs is 1. The molecule has 1 amide bonds. The van der Waals surface area contributed by atoms with Crippen molar-refractivity contribution in [3.05, 3.63) is 48.5 Å². The van der Waals surface area contributed by atoms with Gasteiger partial charge in [0.05, 0.1) is 11.4 Å². The third-order valence-corrected chi connectivity index (χ3v) is 4.63. The van der Waals surface area contributed by atoms with Crippen molar-refractivity contribution in [3.8, 4) is 0 Å². The molecule has 1 aliphatic rings. The normalized spacial score (nSPS) is 15.3. The van der Waals surface area contributed by atoms with Crippen molar-refractivity contribution >= 4 is 28.7 Å². The number of carbonyl (C=O) groups excluding carboxylic acids is 1. The molecule has 0 radical (unpaired) electrons. The molecule has 1 saturated heterocycles. The summed E-state index contributed by atoms with van der Waals surface area (Å²) in [6.45, 7) is 4.01. The van der Waals surface area contributed by atoms with E-state index in [0.29, 0.717) is 11.5 Å². The third-order valence-electron chi connectivity index (χ3n) is 4.63. The summed E-state index contributed by atoms with van der Waals surface area (Å²) in [5.74, 6) is 0.0269. The van der Waals surface area contributed by atoms with Gasteiger partial charge in [-0.2, -0.15) is 0 Å². The molecule has 1 aromatic carbocycles. The fourth-order valence-corrected chi connectivity index (χ4v) is 3.16. The van der Waals surface area contributed by atoms with E-state index in [4.69, 9.17) is 5.73 Å². The highest BCUT2D eigenvalue weighted by molar-refractivity contribution is 5.92. The molecule has 3 aromatic rings. The van der Waals surface area contributed by atoms with Crippen LogP contribution in [-0.2, 0) is 0 Å². The average molecular weight is 351 g/mol. The molecule has 0 aliphatic carbocycles. The molecule has 1 fully saturated rings. The third kappa shape index (κ3) is 3.06. The number of aromatic nitrogens is 3. The molecule has 0 saturated carbocycles. The van der Waals surface area contributed by atoms with E-state index in [2.05, 4.69) is 38.2 Å². The van der Waals surface area contributed by atoms with Crippen LogP contribution in [0.15, 0.2) is 42.9 Å². The number of carbonyl (C=O) groups is 1. The van der Waals surface area contributed by atoms with Crippen LogP contribution >= 0.6 is 0 Å². The van der Waals surface area contributed by atoms with Crippen LogP contribution in [0.2, 0.25) is 0 Å². The first-order valence-electron chi connectivity index (χ1n) is 8.55. The molecule has 8 nitrogen and oxygen atoms in total. The molecule has 0 atom stereocenters. The zero-order valence-electron chi connectivity index (χ0n) is 14.6. The number of anilines is 3. The van der Waals surface area contributed by atoms with Crippen molar-refractivity contribution in [2.75, 3.05) is 43.4 Å². The molecule has 26 heavy (non-hydrogen) atoms. The summed E-state index contributed by atoms with van der Waals surface area (Å²) in [5, 5.41) is 3.37. The van der Waals surface area contributed by atoms with E-state index >= 15 is 0 Å². The first-order chi connectivity index (χ1) is 12.6. The van der Waals surface area contributed by atoms with Gasteiger partial charge in [-0.3, -0.25) is 4.79 Å². The molecule has 3 heterocycles. The summed E-state index contributed by atoms with van der Waals surface area (Å²) in [4.78, 5) is 24.8. The van der Waals surface area contributed by atoms with Gasteiger partial charge >= 0.3 is 0 Å². The van der Waals surface area contributed by atoms with Crippen molar-refractivity contribution in [1.29, 1.82) is 0 Å². The average Bonchev–Trinajstić information content (AvgIpc) is 3.09. The largest absolute Gasteiger partial charge is 0.367 e. The van der Waals surface area contributed by atoms with Crippen LogP contribution in [-0.4, -0.2) is 58.4 Å². The molecule has 1 aliphatic heterocycles. The summed E-state index contributed by atoms with van der Waals surface area (Å²) < 4.78 is 1.74. The Morgan fingerprint density at radius 1 is 1.19 bits per heavy atom. The summed E-state index contributed by atoms with van der Waals surface area (Å²) >= 11 is 0. The number of nitrogens with zero attached hydrogens (tertiary/aromatic N) is 5. The number of likely N-dealkylation sites (N-methyl/N-ethyl adjacent to an activating group) is 1. The van der Waals surface area contributed by atoms with Crippen molar-refractivity contribution in [2.45, 2.75) is 0 Å². The van der Waals surface area contributed by atoms with E-state index in [-0.39, 0.29) is 5.69 Å². The molecule has 0 spiro atoms. The second-order valence-corrected chi connectivity index (χ2v) is 6.43. The van der Waals surface area contributed by atoms with Gasteiger partial charge in [0.15, 0.2) is 11.5 Å². The summed E-state index contributed by atoms with van der Waals surface area (Å²) in [5.41, 5.74) is 8.22. The lowest BCUT2D eigenvalue weighted by molar-refractivity contribution is 0.0996. The minimum atomic E-state index is -0.558. The maximum absolute atomic E-state index is 11.4. The number of imidazole rings is 1. The number of para-hydroxylation sites is 2.